The first kappa shape index (κ1) is 11.8. The number of hydrogen-bond donors (Lipinski definition) is 0. The zero-order chi connectivity index (χ0) is 12.4. The van der Waals surface area contributed by atoms with E-state index in [-0.39, 0.29) is 0 Å². The summed E-state index contributed by atoms with van der Waals surface area (Å²) in [6, 6.07) is 10.4. The maximum absolute atomic E-state index is 4.41. The molecule has 0 saturated heterocycles. The third-order valence-electron chi connectivity index (χ3n) is 3.83. The summed E-state index contributed by atoms with van der Waals surface area (Å²) in [7, 11) is 0. The van der Waals surface area contributed by atoms with Gasteiger partial charge in [-0.05, 0) is 18.8 Å². The van der Waals surface area contributed by atoms with Crippen LogP contribution >= 0.6 is 11.3 Å². The van der Waals surface area contributed by atoms with Crippen molar-refractivity contribution in [1.82, 2.24) is 10.2 Å². The molecule has 0 N–H and O–H groups in total. The van der Waals surface area contributed by atoms with E-state index in [1.165, 1.54) is 36.3 Å². The molecule has 0 radical (unpaired) electrons. The number of hydrogen-bond acceptors (Lipinski definition) is 3. The van der Waals surface area contributed by atoms with Crippen LogP contribution in [0.4, 0.5) is 0 Å². The standard InChI is InChI=1S/C15H18N2S/c1-11-7-9-13(10-8-11)15-17-16-14(18-15)12-5-3-2-4-6-12/h2-6,11,13H,7-10H2,1H3. The molecule has 18 heavy (non-hydrogen) atoms. The zero-order valence-corrected chi connectivity index (χ0v) is 11.5. The summed E-state index contributed by atoms with van der Waals surface area (Å²) in [6.07, 6.45) is 5.24. The second-order valence-corrected chi connectivity index (χ2v) is 6.28. The van der Waals surface area contributed by atoms with Crippen LogP contribution in [0.15, 0.2) is 30.3 Å². The second kappa shape index (κ2) is 5.19. The summed E-state index contributed by atoms with van der Waals surface area (Å²) in [5, 5.41) is 11.1. The molecule has 0 amide bonds. The first-order chi connectivity index (χ1) is 8.83. The van der Waals surface area contributed by atoms with Gasteiger partial charge in [0, 0.05) is 11.5 Å². The molecule has 0 spiro atoms. The monoisotopic (exact) mass is 258 g/mol. The molecule has 3 rings (SSSR count). The normalized spacial score (nSPS) is 24.1. The van der Waals surface area contributed by atoms with Gasteiger partial charge in [-0.25, -0.2) is 0 Å². The topological polar surface area (TPSA) is 25.8 Å². The highest BCUT2D eigenvalue weighted by atomic mass is 32.1. The molecule has 0 unspecified atom stereocenters. The van der Waals surface area contributed by atoms with Crippen LogP contribution in [-0.4, -0.2) is 10.2 Å². The molecule has 1 aliphatic rings. The van der Waals surface area contributed by atoms with Crippen molar-refractivity contribution in [2.45, 2.75) is 38.5 Å². The lowest BCUT2D eigenvalue weighted by Crippen LogP contribution is -2.10. The minimum atomic E-state index is 0.649. The molecule has 0 aliphatic heterocycles. The van der Waals surface area contributed by atoms with Crippen molar-refractivity contribution >= 4 is 11.3 Å². The van der Waals surface area contributed by atoms with Gasteiger partial charge in [0.1, 0.15) is 10.0 Å². The highest BCUT2D eigenvalue weighted by Crippen LogP contribution is 2.38. The van der Waals surface area contributed by atoms with Gasteiger partial charge in [0.2, 0.25) is 0 Å². The Morgan fingerprint density at radius 2 is 1.72 bits per heavy atom. The molecule has 0 atom stereocenters. The van der Waals surface area contributed by atoms with Gasteiger partial charge in [-0.2, -0.15) is 0 Å². The highest BCUT2D eigenvalue weighted by Gasteiger charge is 2.23. The van der Waals surface area contributed by atoms with E-state index in [0.29, 0.717) is 5.92 Å². The van der Waals surface area contributed by atoms with Crippen LogP contribution in [0.5, 0.6) is 0 Å². The quantitative estimate of drug-likeness (QED) is 0.792. The summed E-state index contributed by atoms with van der Waals surface area (Å²) in [4.78, 5) is 0. The van der Waals surface area contributed by atoms with Crippen molar-refractivity contribution in [3.05, 3.63) is 35.3 Å². The fourth-order valence-electron chi connectivity index (χ4n) is 2.60. The summed E-state index contributed by atoms with van der Waals surface area (Å²) < 4.78 is 0. The van der Waals surface area contributed by atoms with E-state index in [1.54, 1.807) is 11.3 Å². The molecule has 1 saturated carbocycles. The molecule has 1 aliphatic carbocycles. The molecule has 1 aromatic heterocycles. The number of nitrogens with zero attached hydrogens (tertiary/aromatic N) is 2. The van der Waals surface area contributed by atoms with Crippen molar-refractivity contribution in [2.75, 3.05) is 0 Å². The van der Waals surface area contributed by atoms with Crippen molar-refractivity contribution < 1.29 is 0 Å². The van der Waals surface area contributed by atoms with Crippen molar-refractivity contribution in [1.29, 1.82) is 0 Å². The van der Waals surface area contributed by atoms with Crippen LogP contribution < -0.4 is 0 Å². The van der Waals surface area contributed by atoms with Gasteiger partial charge < -0.3 is 0 Å². The van der Waals surface area contributed by atoms with Gasteiger partial charge in [-0.1, -0.05) is 61.4 Å². The molecule has 3 heteroatoms. The molecule has 1 fully saturated rings. The second-order valence-electron chi connectivity index (χ2n) is 5.27. The molecule has 0 bridgehead atoms. The average Bonchev–Trinajstić information content (AvgIpc) is 2.90. The number of rotatable bonds is 2. The summed E-state index contributed by atoms with van der Waals surface area (Å²) >= 11 is 1.77. The Balaban J connectivity index is 1.78. The van der Waals surface area contributed by atoms with E-state index in [2.05, 4.69) is 41.4 Å². The van der Waals surface area contributed by atoms with Crippen LogP contribution in [0, 0.1) is 5.92 Å². The molecular formula is C15H18N2S. The predicted molar refractivity (Wildman–Crippen MR) is 75.7 cm³/mol. The Hall–Kier alpha value is -1.22. The van der Waals surface area contributed by atoms with E-state index in [0.717, 1.165) is 10.9 Å². The number of aromatic nitrogens is 2. The summed E-state index contributed by atoms with van der Waals surface area (Å²) in [6.45, 7) is 2.35. The van der Waals surface area contributed by atoms with Gasteiger partial charge in [0.25, 0.3) is 0 Å². The molecule has 2 aromatic rings. The van der Waals surface area contributed by atoms with Gasteiger partial charge >= 0.3 is 0 Å². The molecule has 1 heterocycles. The van der Waals surface area contributed by atoms with E-state index in [9.17, 15) is 0 Å². The third-order valence-corrected chi connectivity index (χ3v) is 4.96. The number of benzene rings is 1. The van der Waals surface area contributed by atoms with Crippen LogP contribution in [0.3, 0.4) is 0 Å². The Labute approximate surface area is 112 Å². The van der Waals surface area contributed by atoms with Gasteiger partial charge in [-0.3, -0.25) is 0 Å². The van der Waals surface area contributed by atoms with Crippen LogP contribution in [0.25, 0.3) is 10.6 Å². The molecular weight excluding hydrogens is 240 g/mol. The fraction of sp³-hybridized carbons (Fsp3) is 0.467. The van der Waals surface area contributed by atoms with Crippen LogP contribution in [-0.2, 0) is 0 Å². The lowest BCUT2D eigenvalue weighted by Gasteiger charge is -2.23. The van der Waals surface area contributed by atoms with E-state index >= 15 is 0 Å². The lowest BCUT2D eigenvalue weighted by atomic mass is 9.83. The maximum Gasteiger partial charge on any atom is 0.147 e. The van der Waals surface area contributed by atoms with E-state index < -0.39 is 0 Å². The van der Waals surface area contributed by atoms with Crippen LogP contribution in [0.2, 0.25) is 0 Å². The van der Waals surface area contributed by atoms with Crippen molar-refractivity contribution in [3.63, 3.8) is 0 Å². The minimum Gasteiger partial charge on any atom is -0.143 e. The molecule has 1 aromatic carbocycles. The lowest BCUT2D eigenvalue weighted by molar-refractivity contribution is 0.346. The fourth-order valence-corrected chi connectivity index (χ4v) is 3.62. The van der Waals surface area contributed by atoms with Crippen LogP contribution in [0.1, 0.15) is 43.5 Å². The average molecular weight is 258 g/mol. The van der Waals surface area contributed by atoms with Gasteiger partial charge in [-0.15, -0.1) is 10.2 Å². The van der Waals surface area contributed by atoms with Crippen molar-refractivity contribution in [2.24, 2.45) is 5.92 Å². The predicted octanol–water partition coefficient (Wildman–Crippen LogP) is 4.50. The third kappa shape index (κ3) is 2.46. The minimum absolute atomic E-state index is 0.649. The molecule has 94 valence electrons. The smallest absolute Gasteiger partial charge is 0.143 e. The Bertz CT molecular complexity index is 498. The summed E-state index contributed by atoms with van der Waals surface area (Å²) in [5.74, 6) is 1.54. The summed E-state index contributed by atoms with van der Waals surface area (Å²) in [5.41, 5.74) is 1.19. The Morgan fingerprint density at radius 3 is 2.44 bits per heavy atom. The Morgan fingerprint density at radius 1 is 1.00 bits per heavy atom. The molecule has 2 nitrogen and oxygen atoms in total. The SMILES string of the molecule is CC1CCC(c2nnc(-c3ccccc3)s2)CC1. The van der Waals surface area contributed by atoms with Crippen molar-refractivity contribution in [3.8, 4) is 10.6 Å². The zero-order valence-electron chi connectivity index (χ0n) is 10.7. The largest absolute Gasteiger partial charge is 0.147 e. The van der Waals surface area contributed by atoms with E-state index in [4.69, 9.17) is 0 Å². The first-order valence-corrected chi connectivity index (χ1v) is 7.53. The maximum atomic E-state index is 4.41. The van der Waals surface area contributed by atoms with Gasteiger partial charge in [0.15, 0.2) is 0 Å². The highest BCUT2D eigenvalue weighted by molar-refractivity contribution is 7.14. The van der Waals surface area contributed by atoms with Gasteiger partial charge in [0.05, 0.1) is 0 Å². The Kier molecular flexibility index (Phi) is 3.41. The van der Waals surface area contributed by atoms with E-state index in [1.807, 2.05) is 6.07 Å². The first-order valence-electron chi connectivity index (χ1n) is 6.72.